The van der Waals surface area contributed by atoms with Gasteiger partial charge in [-0.25, -0.2) is 4.79 Å². The van der Waals surface area contributed by atoms with Crippen molar-refractivity contribution in [3.05, 3.63) is 77.2 Å². The van der Waals surface area contributed by atoms with E-state index in [9.17, 15) is 19.5 Å². The van der Waals surface area contributed by atoms with Gasteiger partial charge in [-0.3, -0.25) is 9.59 Å². The van der Waals surface area contributed by atoms with Crippen molar-refractivity contribution in [2.45, 2.75) is 38.1 Å². The van der Waals surface area contributed by atoms with E-state index in [2.05, 4.69) is 0 Å². The number of nitrogens with zero attached hydrogens (tertiary/aromatic N) is 2. The van der Waals surface area contributed by atoms with Gasteiger partial charge in [-0.05, 0) is 42.5 Å². The van der Waals surface area contributed by atoms with Crippen molar-refractivity contribution in [1.29, 1.82) is 0 Å². The molecule has 1 N–H and O–H groups in total. The summed E-state index contributed by atoms with van der Waals surface area (Å²) in [4.78, 5) is 43.5. The molecule has 0 radical (unpaired) electrons. The lowest BCUT2D eigenvalue weighted by molar-refractivity contribution is -0.122. The number of benzene rings is 2. The lowest BCUT2D eigenvalue weighted by Crippen LogP contribution is -2.60. The average Bonchev–Trinajstić information content (AvgIpc) is 3.35. The average molecular weight is 489 g/mol. The Labute approximate surface area is 208 Å². The summed E-state index contributed by atoms with van der Waals surface area (Å²) in [7, 11) is 0. The summed E-state index contributed by atoms with van der Waals surface area (Å²) >= 11 is 1.20. The molecule has 2 aliphatic rings. The highest BCUT2D eigenvalue weighted by atomic mass is 32.1. The number of piperazine rings is 1. The summed E-state index contributed by atoms with van der Waals surface area (Å²) < 4.78 is 0. The first-order valence-corrected chi connectivity index (χ1v) is 12.9. The maximum atomic E-state index is 13.7. The van der Waals surface area contributed by atoms with Gasteiger partial charge < -0.3 is 14.9 Å². The summed E-state index contributed by atoms with van der Waals surface area (Å²) in [6.45, 7) is 0.340. The van der Waals surface area contributed by atoms with Crippen LogP contribution in [0.1, 0.15) is 52.1 Å². The smallest absolute Gasteiger partial charge is 0.348 e. The van der Waals surface area contributed by atoms with Crippen LogP contribution in [-0.4, -0.2) is 46.9 Å². The fourth-order valence-electron chi connectivity index (χ4n) is 5.36. The first-order chi connectivity index (χ1) is 17.0. The van der Waals surface area contributed by atoms with Crippen LogP contribution < -0.4 is 4.90 Å². The Morgan fingerprint density at radius 2 is 1.57 bits per heavy atom. The second-order valence-electron chi connectivity index (χ2n) is 9.28. The van der Waals surface area contributed by atoms with Gasteiger partial charge in [0.05, 0.1) is 11.7 Å². The molecular formula is C28H28N2O4S. The maximum absolute atomic E-state index is 13.7. The van der Waals surface area contributed by atoms with Gasteiger partial charge in [-0.15, -0.1) is 11.3 Å². The molecule has 3 aromatic rings. The number of aromatic carboxylic acids is 1. The molecule has 1 aliphatic carbocycles. The predicted molar refractivity (Wildman–Crippen MR) is 137 cm³/mol. The molecule has 2 fully saturated rings. The van der Waals surface area contributed by atoms with Crippen molar-refractivity contribution in [2.75, 3.05) is 18.0 Å². The Hall–Kier alpha value is -3.45. The third-order valence-electron chi connectivity index (χ3n) is 7.06. The van der Waals surface area contributed by atoms with Crippen LogP contribution in [0.4, 0.5) is 5.69 Å². The van der Waals surface area contributed by atoms with Gasteiger partial charge in [-0.2, -0.15) is 0 Å². The second kappa shape index (κ2) is 10.0. The molecule has 1 aliphatic heterocycles. The molecule has 1 aromatic heterocycles. The van der Waals surface area contributed by atoms with Crippen LogP contribution in [0.15, 0.2) is 66.7 Å². The van der Waals surface area contributed by atoms with E-state index in [1.165, 1.54) is 17.8 Å². The Morgan fingerprint density at radius 3 is 2.23 bits per heavy atom. The zero-order chi connectivity index (χ0) is 24.4. The molecule has 1 unspecified atom stereocenters. The number of rotatable bonds is 5. The molecule has 2 aromatic carbocycles. The van der Waals surface area contributed by atoms with Gasteiger partial charge in [0, 0.05) is 17.0 Å². The normalized spacial score (nSPS) is 19.1. The number of carbonyl (C=O) groups is 3. The number of carboxylic acid groups (broad SMARTS) is 1. The zero-order valence-corrected chi connectivity index (χ0v) is 20.2. The molecule has 180 valence electrons. The Kier molecular flexibility index (Phi) is 6.68. The monoisotopic (exact) mass is 488 g/mol. The highest BCUT2D eigenvalue weighted by molar-refractivity contribution is 7.18. The van der Waals surface area contributed by atoms with Crippen molar-refractivity contribution in [3.8, 4) is 10.4 Å². The third-order valence-corrected chi connectivity index (χ3v) is 8.22. The Balaban J connectivity index is 1.53. The molecule has 0 spiro atoms. The molecule has 0 bridgehead atoms. The summed E-state index contributed by atoms with van der Waals surface area (Å²) in [6.07, 6.45) is 5.28. The minimum atomic E-state index is -1.04. The van der Waals surface area contributed by atoms with Crippen LogP contribution in [-0.2, 0) is 4.79 Å². The predicted octanol–water partition coefficient (Wildman–Crippen LogP) is 5.55. The van der Waals surface area contributed by atoms with E-state index in [0.717, 1.165) is 36.1 Å². The van der Waals surface area contributed by atoms with Crippen LogP contribution >= 0.6 is 11.3 Å². The lowest BCUT2D eigenvalue weighted by Gasteiger charge is -2.45. The zero-order valence-electron chi connectivity index (χ0n) is 19.4. The summed E-state index contributed by atoms with van der Waals surface area (Å²) in [5, 5.41) is 10.0. The molecule has 1 saturated carbocycles. The molecule has 1 atom stereocenters. The van der Waals surface area contributed by atoms with E-state index in [-0.39, 0.29) is 35.2 Å². The summed E-state index contributed by atoms with van der Waals surface area (Å²) in [5.74, 6) is -1.20. The van der Waals surface area contributed by atoms with E-state index >= 15 is 0 Å². The molecule has 35 heavy (non-hydrogen) atoms. The lowest BCUT2D eigenvalue weighted by atomic mass is 9.82. The van der Waals surface area contributed by atoms with E-state index in [0.29, 0.717) is 17.8 Å². The topological polar surface area (TPSA) is 77.9 Å². The largest absolute Gasteiger partial charge is 0.477 e. The van der Waals surface area contributed by atoms with Crippen LogP contribution in [0.25, 0.3) is 10.4 Å². The quantitative estimate of drug-likeness (QED) is 0.511. The van der Waals surface area contributed by atoms with E-state index in [1.807, 2.05) is 54.6 Å². The van der Waals surface area contributed by atoms with Crippen LogP contribution in [0.2, 0.25) is 0 Å². The number of hydrogen-bond donors (Lipinski definition) is 1. The Bertz CT molecular complexity index is 1220. The standard InChI is InChI=1S/C28H28N2O4S/c31-25-18-29(27(32)21-14-8-3-9-15-21)17-23(19-10-4-1-5-11-19)30(25)22-16-24(35-26(22)28(33)34)20-12-6-2-7-13-20/h2-3,6-9,12-16,19,23H,1,4-5,10-11,17-18H2,(H,33,34). The maximum Gasteiger partial charge on any atom is 0.348 e. The number of carboxylic acids is 1. The second-order valence-corrected chi connectivity index (χ2v) is 10.3. The highest BCUT2D eigenvalue weighted by Gasteiger charge is 2.42. The Morgan fingerprint density at radius 1 is 0.914 bits per heavy atom. The molecular weight excluding hydrogens is 460 g/mol. The van der Waals surface area contributed by atoms with Gasteiger partial charge in [0.2, 0.25) is 5.91 Å². The van der Waals surface area contributed by atoms with Crippen molar-refractivity contribution in [1.82, 2.24) is 4.90 Å². The molecule has 6 nitrogen and oxygen atoms in total. The first kappa shape index (κ1) is 23.3. The van der Waals surface area contributed by atoms with Crippen molar-refractivity contribution >= 4 is 34.8 Å². The van der Waals surface area contributed by atoms with Crippen LogP contribution in [0, 0.1) is 5.92 Å². The molecule has 7 heteroatoms. The number of anilines is 1. The highest BCUT2D eigenvalue weighted by Crippen LogP contribution is 2.41. The van der Waals surface area contributed by atoms with Crippen molar-refractivity contribution in [2.24, 2.45) is 5.92 Å². The fourth-order valence-corrected chi connectivity index (χ4v) is 6.36. The number of carbonyl (C=O) groups excluding carboxylic acids is 2. The SMILES string of the molecule is O=C(O)c1sc(-c2ccccc2)cc1N1C(=O)CN(C(=O)c2ccccc2)CC1C1CCCCC1. The van der Waals surface area contributed by atoms with Crippen LogP contribution in [0.3, 0.4) is 0 Å². The van der Waals surface area contributed by atoms with Gasteiger partial charge >= 0.3 is 5.97 Å². The minimum absolute atomic E-state index is 0.0630. The minimum Gasteiger partial charge on any atom is -0.477 e. The molecule has 2 heterocycles. The molecule has 5 rings (SSSR count). The van der Waals surface area contributed by atoms with Gasteiger partial charge in [0.15, 0.2) is 0 Å². The van der Waals surface area contributed by atoms with E-state index in [1.54, 1.807) is 21.9 Å². The molecule has 1 saturated heterocycles. The summed E-state index contributed by atoms with van der Waals surface area (Å²) in [5.41, 5.74) is 1.93. The number of amides is 2. The van der Waals surface area contributed by atoms with Gasteiger partial charge in [0.25, 0.3) is 5.91 Å². The van der Waals surface area contributed by atoms with E-state index < -0.39 is 5.97 Å². The van der Waals surface area contributed by atoms with Crippen LogP contribution in [0.5, 0.6) is 0 Å². The van der Waals surface area contributed by atoms with Gasteiger partial charge in [0.1, 0.15) is 11.4 Å². The number of thiophene rings is 1. The molecule has 2 amide bonds. The van der Waals surface area contributed by atoms with Crippen molar-refractivity contribution < 1.29 is 19.5 Å². The van der Waals surface area contributed by atoms with E-state index in [4.69, 9.17) is 0 Å². The fraction of sp³-hybridized carbons (Fsp3) is 0.321. The third kappa shape index (κ3) is 4.73. The number of hydrogen-bond acceptors (Lipinski definition) is 4. The summed E-state index contributed by atoms with van der Waals surface area (Å²) in [6, 6.07) is 20.3. The van der Waals surface area contributed by atoms with Crippen molar-refractivity contribution in [3.63, 3.8) is 0 Å². The first-order valence-electron chi connectivity index (χ1n) is 12.1. The van der Waals surface area contributed by atoms with Gasteiger partial charge in [-0.1, -0.05) is 67.8 Å².